The van der Waals surface area contributed by atoms with Gasteiger partial charge in [0.15, 0.2) is 0 Å². The minimum Gasteiger partial charge on any atom is -0.0805 e. The van der Waals surface area contributed by atoms with Crippen molar-refractivity contribution in [3.63, 3.8) is 0 Å². The van der Waals surface area contributed by atoms with Gasteiger partial charge < -0.3 is 0 Å². The van der Waals surface area contributed by atoms with Gasteiger partial charge in [-0.15, -0.1) is 0 Å². The molecule has 0 aromatic rings. The molecule has 0 nitrogen and oxygen atoms in total. The van der Waals surface area contributed by atoms with Gasteiger partial charge in [-0.1, -0.05) is 55.9 Å². The molecule has 0 aromatic heterocycles. The minimum atomic E-state index is 0.250. The van der Waals surface area contributed by atoms with E-state index in [1.54, 1.807) is 5.57 Å². The molecule has 1 spiro atoms. The Bertz CT molecular complexity index is 567. The summed E-state index contributed by atoms with van der Waals surface area (Å²) in [4.78, 5) is 0. The fourth-order valence-corrected chi connectivity index (χ4v) is 5.80. The molecular weight excluding hydrogens is 240 g/mol. The first-order chi connectivity index (χ1) is 9.69. The van der Waals surface area contributed by atoms with Crippen LogP contribution in [0, 0.1) is 34.5 Å². The summed E-state index contributed by atoms with van der Waals surface area (Å²) in [5.41, 5.74) is 2.50. The molecule has 0 unspecified atom stereocenters. The zero-order valence-electron chi connectivity index (χ0n) is 12.4. The summed E-state index contributed by atoms with van der Waals surface area (Å²) in [5, 5.41) is 0. The lowest BCUT2D eigenvalue weighted by Gasteiger charge is -2.50. The largest absolute Gasteiger partial charge is 0.0805 e. The third-order valence-corrected chi connectivity index (χ3v) is 7.08. The first kappa shape index (κ1) is 11.6. The number of allylic oxidation sites excluding steroid dienone is 8. The summed E-state index contributed by atoms with van der Waals surface area (Å²) in [7, 11) is 0. The minimum absolute atomic E-state index is 0.250. The lowest BCUT2D eigenvalue weighted by molar-refractivity contribution is 0.0507. The highest BCUT2D eigenvalue weighted by atomic mass is 14.6. The molecule has 0 aromatic carbocycles. The molecule has 104 valence electrons. The number of fused-ring (bicyclic) bond motifs is 5. The van der Waals surface area contributed by atoms with E-state index in [2.05, 4.69) is 49.5 Å². The van der Waals surface area contributed by atoms with Crippen LogP contribution in [-0.2, 0) is 0 Å². The molecule has 5 aliphatic rings. The second-order valence-electron chi connectivity index (χ2n) is 8.15. The van der Waals surface area contributed by atoms with Gasteiger partial charge in [0.1, 0.15) is 0 Å². The van der Waals surface area contributed by atoms with Crippen LogP contribution in [0.4, 0.5) is 0 Å². The zero-order chi connectivity index (χ0) is 13.4. The molecular formula is C20H24. The van der Waals surface area contributed by atoms with E-state index < -0.39 is 0 Å². The molecule has 0 heterocycles. The van der Waals surface area contributed by atoms with Crippen LogP contribution in [0.15, 0.2) is 48.1 Å². The van der Waals surface area contributed by atoms with E-state index in [4.69, 9.17) is 0 Å². The molecule has 0 radical (unpaired) electrons. The van der Waals surface area contributed by atoms with Gasteiger partial charge in [-0.2, -0.15) is 0 Å². The lowest BCUT2D eigenvalue weighted by atomic mass is 9.55. The second-order valence-corrected chi connectivity index (χ2v) is 8.15. The third kappa shape index (κ3) is 1.43. The van der Waals surface area contributed by atoms with Crippen molar-refractivity contribution < 1.29 is 0 Å². The van der Waals surface area contributed by atoms with E-state index in [1.165, 1.54) is 32.1 Å². The van der Waals surface area contributed by atoms with Gasteiger partial charge in [-0.25, -0.2) is 0 Å². The van der Waals surface area contributed by atoms with Gasteiger partial charge in [-0.05, 0) is 54.4 Å². The molecule has 0 saturated heterocycles. The molecule has 2 saturated carbocycles. The molecule has 5 rings (SSSR count). The highest BCUT2D eigenvalue weighted by molar-refractivity contribution is 5.50. The van der Waals surface area contributed by atoms with E-state index in [0.717, 1.165) is 17.8 Å². The number of rotatable bonds is 0. The fourth-order valence-electron chi connectivity index (χ4n) is 5.80. The Morgan fingerprint density at radius 1 is 1.05 bits per heavy atom. The van der Waals surface area contributed by atoms with Crippen molar-refractivity contribution >= 4 is 0 Å². The van der Waals surface area contributed by atoms with Gasteiger partial charge in [0.2, 0.25) is 0 Å². The average Bonchev–Trinajstić information content (AvgIpc) is 3.07. The predicted molar refractivity (Wildman–Crippen MR) is 83.1 cm³/mol. The Morgan fingerprint density at radius 2 is 1.95 bits per heavy atom. The van der Waals surface area contributed by atoms with Crippen molar-refractivity contribution in [2.24, 2.45) is 34.5 Å². The maximum Gasteiger partial charge on any atom is 0.0430 e. The van der Waals surface area contributed by atoms with Gasteiger partial charge in [0.25, 0.3) is 0 Å². The lowest BCUT2D eigenvalue weighted by Crippen LogP contribution is -2.42. The molecule has 2 fully saturated rings. The Labute approximate surface area is 122 Å². The van der Waals surface area contributed by atoms with E-state index in [1.807, 2.05) is 0 Å². The quantitative estimate of drug-likeness (QED) is 0.537. The van der Waals surface area contributed by atoms with Crippen molar-refractivity contribution in [2.75, 3.05) is 0 Å². The molecule has 0 bridgehead atoms. The molecule has 20 heavy (non-hydrogen) atoms. The summed E-state index contributed by atoms with van der Waals surface area (Å²) < 4.78 is 0. The summed E-state index contributed by atoms with van der Waals surface area (Å²) >= 11 is 0. The number of hydrogen-bond acceptors (Lipinski definition) is 0. The molecule has 0 heteroatoms. The molecule has 0 aliphatic heterocycles. The standard InChI is InChI=1S/C20H24/c1-19-8-2-3-18(19)17-5-4-14-13-20(11-12-20)10-7-15(14)16(17)6-9-19/h4-5,7,10-13,15-18H,2-3,6,8-9H2,1H3/t15-,16+,17+,18-,19-/m0/s1. The normalized spacial score (nSPS) is 49.5. The van der Waals surface area contributed by atoms with Crippen LogP contribution in [0.1, 0.15) is 39.0 Å². The highest BCUT2D eigenvalue weighted by Gasteiger charge is 2.51. The van der Waals surface area contributed by atoms with Gasteiger partial charge in [0, 0.05) is 11.3 Å². The fraction of sp³-hybridized carbons (Fsp3) is 0.600. The van der Waals surface area contributed by atoms with Crippen LogP contribution in [0.5, 0.6) is 0 Å². The van der Waals surface area contributed by atoms with E-state index in [0.29, 0.717) is 11.3 Å². The van der Waals surface area contributed by atoms with Crippen LogP contribution >= 0.6 is 0 Å². The van der Waals surface area contributed by atoms with Gasteiger partial charge >= 0.3 is 0 Å². The first-order valence-corrected chi connectivity index (χ1v) is 8.50. The summed E-state index contributed by atoms with van der Waals surface area (Å²) in [5.74, 6) is 3.41. The summed E-state index contributed by atoms with van der Waals surface area (Å²) in [6.07, 6.45) is 24.5. The third-order valence-electron chi connectivity index (χ3n) is 7.08. The number of hydrogen-bond donors (Lipinski definition) is 0. The van der Waals surface area contributed by atoms with E-state index >= 15 is 0 Å². The SMILES string of the molecule is C[C@@]12CCC[C@H]1[C@@H]1C=CC3=CC4(C=C[C@@H]3[C@H]1CC2)C=C4. The first-order valence-electron chi connectivity index (χ1n) is 8.50. The smallest absolute Gasteiger partial charge is 0.0430 e. The van der Waals surface area contributed by atoms with Crippen LogP contribution in [-0.4, -0.2) is 0 Å². The van der Waals surface area contributed by atoms with E-state index in [9.17, 15) is 0 Å². The molecule has 0 amide bonds. The topological polar surface area (TPSA) is 0 Å². The van der Waals surface area contributed by atoms with E-state index in [-0.39, 0.29) is 5.41 Å². The average molecular weight is 264 g/mol. The van der Waals surface area contributed by atoms with Crippen LogP contribution in [0.2, 0.25) is 0 Å². The van der Waals surface area contributed by atoms with Crippen molar-refractivity contribution in [3.8, 4) is 0 Å². The predicted octanol–water partition coefficient (Wildman–Crippen LogP) is 5.06. The molecule has 0 N–H and O–H groups in total. The Balaban J connectivity index is 1.53. The summed E-state index contributed by atoms with van der Waals surface area (Å²) in [6.45, 7) is 2.57. The maximum absolute atomic E-state index is 2.59. The monoisotopic (exact) mass is 264 g/mol. The molecule has 5 atom stereocenters. The van der Waals surface area contributed by atoms with Crippen LogP contribution in [0.3, 0.4) is 0 Å². The van der Waals surface area contributed by atoms with Crippen LogP contribution < -0.4 is 0 Å². The highest BCUT2D eigenvalue weighted by Crippen LogP contribution is 2.60. The second kappa shape index (κ2) is 3.59. The van der Waals surface area contributed by atoms with Gasteiger partial charge in [0.05, 0.1) is 0 Å². The van der Waals surface area contributed by atoms with Gasteiger partial charge in [-0.3, -0.25) is 0 Å². The van der Waals surface area contributed by atoms with Crippen LogP contribution in [0.25, 0.3) is 0 Å². The Morgan fingerprint density at radius 3 is 2.80 bits per heavy atom. The molecule has 5 aliphatic carbocycles. The Kier molecular flexibility index (Phi) is 2.08. The van der Waals surface area contributed by atoms with Crippen molar-refractivity contribution in [2.45, 2.75) is 39.0 Å². The zero-order valence-corrected chi connectivity index (χ0v) is 12.4. The Hall–Kier alpha value is -1.04. The maximum atomic E-state index is 2.59. The van der Waals surface area contributed by atoms with Crippen molar-refractivity contribution in [3.05, 3.63) is 48.1 Å². The summed E-state index contributed by atoms with van der Waals surface area (Å²) in [6, 6.07) is 0. The van der Waals surface area contributed by atoms with Crippen molar-refractivity contribution in [1.29, 1.82) is 0 Å². The van der Waals surface area contributed by atoms with Crippen molar-refractivity contribution in [1.82, 2.24) is 0 Å².